The van der Waals surface area contributed by atoms with Crippen LogP contribution in [0.1, 0.15) is 33.6 Å². The first kappa shape index (κ1) is 23.9. The molecule has 2 N–H and O–H groups in total. The average Bonchev–Trinajstić information content (AvgIpc) is 3.08. The first-order chi connectivity index (χ1) is 11.2. The lowest BCUT2D eigenvalue weighted by atomic mass is 10.1. The van der Waals surface area contributed by atoms with E-state index in [2.05, 4.69) is 41.3 Å². The molecule has 1 aliphatic heterocycles. The molecule has 144 valence electrons. The summed E-state index contributed by atoms with van der Waals surface area (Å²) in [5, 5.41) is 6.74. The van der Waals surface area contributed by atoms with Crippen LogP contribution >= 0.6 is 24.0 Å². The van der Waals surface area contributed by atoms with E-state index in [0.29, 0.717) is 12.0 Å². The van der Waals surface area contributed by atoms with Gasteiger partial charge in [-0.3, -0.25) is 9.89 Å². The van der Waals surface area contributed by atoms with Gasteiger partial charge in [-0.05, 0) is 32.9 Å². The topological polar surface area (TPSA) is 58.1 Å². The molecular weight excluding hydrogens is 419 g/mol. The van der Waals surface area contributed by atoms with Crippen LogP contribution in [0.3, 0.4) is 0 Å². The fraction of sp³-hybridized carbons (Fsp3) is 0.941. The van der Waals surface area contributed by atoms with E-state index in [1.165, 1.54) is 0 Å². The average molecular weight is 456 g/mol. The van der Waals surface area contributed by atoms with Crippen LogP contribution in [0, 0.1) is 5.92 Å². The summed E-state index contributed by atoms with van der Waals surface area (Å²) >= 11 is 0. The van der Waals surface area contributed by atoms with Gasteiger partial charge in [-0.2, -0.15) is 0 Å². The number of hydrogen-bond donors (Lipinski definition) is 2. The predicted molar refractivity (Wildman–Crippen MR) is 112 cm³/mol. The maximum Gasteiger partial charge on any atom is 0.191 e. The largest absolute Gasteiger partial charge is 0.381 e. The summed E-state index contributed by atoms with van der Waals surface area (Å²) in [5.41, 5.74) is 0. The van der Waals surface area contributed by atoms with E-state index >= 15 is 0 Å². The highest BCUT2D eigenvalue weighted by Crippen LogP contribution is 2.12. The van der Waals surface area contributed by atoms with Crippen LogP contribution in [0.25, 0.3) is 0 Å². The molecule has 1 heterocycles. The molecule has 0 spiro atoms. The van der Waals surface area contributed by atoms with Crippen molar-refractivity contribution in [1.29, 1.82) is 0 Å². The molecule has 24 heavy (non-hydrogen) atoms. The molecule has 0 aromatic rings. The summed E-state index contributed by atoms with van der Waals surface area (Å²) in [6, 6.07) is 0.500. The quantitative estimate of drug-likeness (QED) is 0.216. The third-order valence-electron chi connectivity index (χ3n) is 4.36. The number of hydrogen-bond acceptors (Lipinski definition) is 4. The van der Waals surface area contributed by atoms with Crippen LogP contribution in [-0.4, -0.2) is 76.6 Å². The fourth-order valence-corrected chi connectivity index (χ4v) is 2.79. The van der Waals surface area contributed by atoms with Crippen LogP contribution in [0.4, 0.5) is 0 Å². The number of aliphatic imine (C=N–C) groups is 1. The van der Waals surface area contributed by atoms with Crippen molar-refractivity contribution in [3.05, 3.63) is 0 Å². The van der Waals surface area contributed by atoms with Gasteiger partial charge >= 0.3 is 0 Å². The van der Waals surface area contributed by atoms with E-state index in [4.69, 9.17) is 9.47 Å². The monoisotopic (exact) mass is 456 g/mol. The number of nitrogens with one attached hydrogen (secondary N) is 2. The number of guanidine groups is 1. The minimum Gasteiger partial charge on any atom is -0.381 e. The van der Waals surface area contributed by atoms with Crippen molar-refractivity contribution in [2.45, 2.75) is 39.7 Å². The van der Waals surface area contributed by atoms with Crippen LogP contribution in [0.2, 0.25) is 0 Å². The Balaban J connectivity index is 0.00000529. The third-order valence-corrected chi connectivity index (χ3v) is 4.36. The van der Waals surface area contributed by atoms with Crippen LogP contribution in [0.5, 0.6) is 0 Å². The molecule has 1 rings (SSSR count). The molecule has 1 saturated heterocycles. The summed E-state index contributed by atoms with van der Waals surface area (Å²) in [6.07, 6.45) is 2.12. The molecule has 1 aliphatic rings. The molecule has 6 nitrogen and oxygen atoms in total. The van der Waals surface area contributed by atoms with Crippen molar-refractivity contribution >= 4 is 29.9 Å². The van der Waals surface area contributed by atoms with Crippen molar-refractivity contribution in [1.82, 2.24) is 15.5 Å². The van der Waals surface area contributed by atoms with Gasteiger partial charge in [-0.1, -0.05) is 13.8 Å². The molecule has 1 fully saturated rings. The van der Waals surface area contributed by atoms with Gasteiger partial charge < -0.3 is 20.1 Å². The lowest BCUT2D eigenvalue weighted by Crippen LogP contribution is -2.46. The Morgan fingerprint density at radius 2 is 2.08 bits per heavy atom. The Kier molecular flexibility index (Phi) is 15.1. The highest BCUT2D eigenvalue weighted by atomic mass is 127. The summed E-state index contributed by atoms with van der Waals surface area (Å²) in [6.45, 7) is 13.9. The van der Waals surface area contributed by atoms with Crippen molar-refractivity contribution in [2.75, 3.05) is 59.7 Å². The summed E-state index contributed by atoms with van der Waals surface area (Å²) < 4.78 is 11.0. The Bertz CT molecular complexity index is 322. The number of halogens is 1. The highest BCUT2D eigenvalue weighted by molar-refractivity contribution is 14.0. The Morgan fingerprint density at radius 3 is 2.67 bits per heavy atom. The summed E-state index contributed by atoms with van der Waals surface area (Å²) in [5.74, 6) is 1.46. The fourth-order valence-electron chi connectivity index (χ4n) is 2.79. The first-order valence-electron chi connectivity index (χ1n) is 9.05. The van der Waals surface area contributed by atoms with Crippen LogP contribution in [-0.2, 0) is 9.47 Å². The van der Waals surface area contributed by atoms with Gasteiger partial charge in [-0.25, -0.2) is 0 Å². The second-order valence-electron chi connectivity index (χ2n) is 6.11. The molecule has 7 heteroatoms. The molecule has 0 amide bonds. The highest BCUT2D eigenvalue weighted by Gasteiger charge is 2.15. The van der Waals surface area contributed by atoms with Crippen LogP contribution < -0.4 is 10.6 Å². The minimum absolute atomic E-state index is 0. The zero-order valence-corrected chi connectivity index (χ0v) is 18.2. The third kappa shape index (κ3) is 10.0. The Hall–Kier alpha value is -0.120. The van der Waals surface area contributed by atoms with Gasteiger partial charge in [-0.15, -0.1) is 24.0 Å². The standard InChI is InChI=1S/C17H36N4O2.HI/c1-5-21(6-2)15(3)12-20-17(18-4)19-9-7-10-22-13-16-8-11-23-14-16;/h15-16H,5-14H2,1-4H3,(H2,18,19,20);1H. The van der Waals surface area contributed by atoms with E-state index in [1.54, 1.807) is 0 Å². The second kappa shape index (κ2) is 15.2. The van der Waals surface area contributed by atoms with Gasteiger partial charge in [0, 0.05) is 45.3 Å². The van der Waals surface area contributed by atoms with Crippen molar-refractivity contribution in [3.63, 3.8) is 0 Å². The lowest BCUT2D eigenvalue weighted by Gasteiger charge is -2.27. The van der Waals surface area contributed by atoms with Crippen LogP contribution in [0.15, 0.2) is 4.99 Å². The molecule has 0 radical (unpaired) electrons. The summed E-state index contributed by atoms with van der Waals surface area (Å²) in [4.78, 5) is 6.70. The Labute approximate surface area is 165 Å². The summed E-state index contributed by atoms with van der Waals surface area (Å²) in [7, 11) is 1.81. The van der Waals surface area contributed by atoms with Gasteiger partial charge in [0.1, 0.15) is 0 Å². The van der Waals surface area contributed by atoms with E-state index < -0.39 is 0 Å². The number of nitrogens with zero attached hydrogens (tertiary/aromatic N) is 2. The molecule has 0 aromatic carbocycles. The van der Waals surface area contributed by atoms with Crippen molar-refractivity contribution in [2.24, 2.45) is 10.9 Å². The number of ether oxygens (including phenoxy) is 2. The van der Waals surface area contributed by atoms with Gasteiger partial charge in [0.2, 0.25) is 0 Å². The van der Waals surface area contributed by atoms with Crippen molar-refractivity contribution < 1.29 is 9.47 Å². The maximum atomic E-state index is 5.70. The van der Waals surface area contributed by atoms with Gasteiger partial charge in [0.25, 0.3) is 0 Å². The van der Waals surface area contributed by atoms with E-state index in [1.807, 2.05) is 7.05 Å². The minimum atomic E-state index is 0. The number of likely N-dealkylation sites (N-methyl/N-ethyl adjacent to an activating group) is 1. The Morgan fingerprint density at radius 1 is 1.33 bits per heavy atom. The van der Waals surface area contributed by atoms with Crippen molar-refractivity contribution in [3.8, 4) is 0 Å². The SMILES string of the molecule is CCN(CC)C(C)CNC(=NC)NCCCOCC1CCOC1.I. The molecule has 2 unspecified atom stereocenters. The van der Waals surface area contributed by atoms with E-state index in [9.17, 15) is 0 Å². The maximum absolute atomic E-state index is 5.70. The molecule has 0 aliphatic carbocycles. The molecule has 0 aromatic heterocycles. The molecule has 0 saturated carbocycles. The van der Waals surface area contributed by atoms with E-state index in [0.717, 1.165) is 71.4 Å². The number of rotatable bonds is 11. The second-order valence-corrected chi connectivity index (χ2v) is 6.11. The smallest absolute Gasteiger partial charge is 0.191 e. The van der Waals surface area contributed by atoms with E-state index in [-0.39, 0.29) is 24.0 Å². The predicted octanol–water partition coefficient (Wildman–Crippen LogP) is 1.94. The molecular formula is C17H37IN4O2. The van der Waals surface area contributed by atoms with Gasteiger partial charge in [0.05, 0.1) is 13.2 Å². The zero-order valence-electron chi connectivity index (χ0n) is 15.8. The molecule has 2 atom stereocenters. The first-order valence-corrected chi connectivity index (χ1v) is 9.05. The normalized spacial score (nSPS) is 19.2. The van der Waals surface area contributed by atoms with Gasteiger partial charge in [0.15, 0.2) is 5.96 Å². The lowest BCUT2D eigenvalue weighted by molar-refractivity contribution is 0.0888. The molecule has 0 bridgehead atoms. The zero-order chi connectivity index (χ0) is 16.9.